The molecule has 0 saturated carbocycles. The summed E-state index contributed by atoms with van der Waals surface area (Å²) in [4.78, 5) is 12.1. The Labute approximate surface area is 129 Å². The molecule has 100 valence electrons. The minimum atomic E-state index is -0.805. The van der Waals surface area contributed by atoms with Crippen LogP contribution in [0, 0.1) is 20.7 Å². The van der Waals surface area contributed by atoms with Gasteiger partial charge in [0.2, 0.25) is 0 Å². The first-order valence-electron chi connectivity index (χ1n) is 5.81. The van der Waals surface area contributed by atoms with Crippen LogP contribution in [0.4, 0.5) is 4.39 Å². The van der Waals surface area contributed by atoms with Gasteiger partial charge in [0.1, 0.15) is 11.9 Å². The largest absolute Gasteiger partial charge is 0.333 e. The molecule has 1 N–H and O–H groups in total. The summed E-state index contributed by atoms with van der Waals surface area (Å²) in [6.07, 6.45) is 0. The van der Waals surface area contributed by atoms with Crippen LogP contribution in [0.15, 0.2) is 48.5 Å². The first-order chi connectivity index (χ1) is 9.60. The second kappa shape index (κ2) is 6.48. The zero-order chi connectivity index (χ0) is 14.5. The summed E-state index contributed by atoms with van der Waals surface area (Å²) in [5, 5.41) is 11.8. The highest BCUT2D eigenvalue weighted by Crippen LogP contribution is 2.14. The summed E-state index contributed by atoms with van der Waals surface area (Å²) >= 11 is 2.11. The number of nitriles is 1. The fourth-order valence-electron chi connectivity index (χ4n) is 1.69. The SMILES string of the molecule is N#C[C@@H](NC(=O)c1cccc(I)c1)c1ccc(F)cc1. The second-order valence-corrected chi connectivity index (χ2v) is 5.34. The Balaban J connectivity index is 2.17. The Bertz CT molecular complexity index is 664. The maximum absolute atomic E-state index is 12.9. The summed E-state index contributed by atoms with van der Waals surface area (Å²) in [5.41, 5.74) is 1.03. The Hall–Kier alpha value is -1.94. The quantitative estimate of drug-likeness (QED) is 0.830. The van der Waals surface area contributed by atoms with Gasteiger partial charge in [0, 0.05) is 9.13 Å². The molecule has 0 fully saturated rings. The van der Waals surface area contributed by atoms with E-state index in [2.05, 4.69) is 27.9 Å². The summed E-state index contributed by atoms with van der Waals surface area (Å²) in [7, 11) is 0. The molecule has 0 aliphatic carbocycles. The molecule has 2 rings (SSSR count). The predicted octanol–water partition coefficient (Wildman–Crippen LogP) is 3.42. The number of carbonyl (C=O) groups excluding carboxylic acids is 1. The summed E-state index contributed by atoms with van der Waals surface area (Å²) in [5.74, 6) is -0.714. The average Bonchev–Trinajstić information content (AvgIpc) is 2.45. The van der Waals surface area contributed by atoms with E-state index < -0.39 is 6.04 Å². The molecule has 0 aliphatic heterocycles. The molecule has 5 heteroatoms. The molecule has 1 amide bonds. The van der Waals surface area contributed by atoms with Crippen LogP contribution >= 0.6 is 22.6 Å². The summed E-state index contributed by atoms with van der Waals surface area (Å²) in [6.45, 7) is 0. The lowest BCUT2D eigenvalue weighted by molar-refractivity contribution is 0.0945. The van der Waals surface area contributed by atoms with Gasteiger partial charge in [-0.15, -0.1) is 0 Å². The molecule has 2 aromatic carbocycles. The van der Waals surface area contributed by atoms with Gasteiger partial charge >= 0.3 is 0 Å². The number of hydrogen-bond donors (Lipinski definition) is 1. The van der Waals surface area contributed by atoms with Crippen LogP contribution in [0.25, 0.3) is 0 Å². The van der Waals surface area contributed by atoms with Crippen LogP contribution in [-0.4, -0.2) is 5.91 Å². The maximum Gasteiger partial charge on any atom is 0.252 e. The average molecular weight is 380 g/mol. The van der Waals surface area contributed by atoms with Crippen molar-refractivity contribution in [3.8, 4) is 6.07 Å². The lowest BCUT2D eigenvalue weighted by atomic mass is 10.1. The smallest absolute Gasteiger partial charge is 0.252 e. The highest BCUT2D eigenvalue weighted by molar-refractivity contribution is 14.1. The topological polar surface area (TPSA) is 52.9 Å². The third-order valence-electron chi connectivity index (χ3n) is 2.69. The number of benzene rings is 2. The van der Waals surface area contributed by atoms with E-state index in [1.807, 2.05) is 12.1 Å². The first kappa shape index (κ1) is 14.5. The van der Waals surface area contributed by atoms with Crippen molar-refractivity contribution in [1.29, 1.82) is 5.26 Å². The molecule has 0 spiro atoms. The third kappa shape index (κ3) is 3.54. The van der Waals surface area contributed by atoms with Crippen molar-refractivity contribution in [3.05, 3.63) is 69.0 Å². The van der Waals surface area contributed by atoms with Gasteiger partial charge in [-0.3, -0.25) is 4.79 Å². The zero-order valence-electron chi connectivity index (χ0n) is 10.3. The van der Waals surface area contributed by atoms with E-state index in [-0.39, 0.29) is 11.7 Å². The minimum Gasteiger partial charge on any atom is -0.333 e. The monoisotopic (exact) mass is 380 g/mol. The van der Waals surface area contributed by atoms with E-state index in [1.165, 1.54) is 24.3 Å². The van der Waals surface area contributed by atoms with Crippen molar-refractivity contribution in [2.75, 3.05) is 0 Å². The predicted molar refractivity (Wildman–Crippen MR) is 81.4 cm³/mol. The van der Waals surface area contributed by atoms with Crippen LogP contribution in [0.1, 0.15) is 22.0 Å². The van der Waals surface area contributed by atoms with Crippen molar-refractivity contribution in [2.24, 2.45) is 0 Å². The molecule has 2 aromatic rings. The van der Waals surface area contributed by atoms with Crippen LogP contribution in [0.2, 0.25) is 0 Å². The molecule has 1 atom stereocenters. The van der Waals surface area contributed by atoms with Crippen LogP contribution in [0.3, 0.4) is 0 Å². The zero-order valence-corrected chi connectivity index (χ0v) is 12.5. The van der Waals surface area contributed by atoms with Crippen LogP contribution < -0.4 is 5.32 Å². The summed E-state index contributed by atoms with van der Waals surface area (Å²) in [6, 6.07) is 13.7. The second-order valence-electron chi connectivity index (χ2n) is 4.10. The number of rotatable bonds is 3. The number of nitrogens with zero attached hydrogens (tertiary/aromatic N) is 1. The fourth-order valence-corrected chi connectivity index (χ4v) is 2.23. The Morgan fingerprint density at radius 2 is 1.95 bits per heavy atom. The van der Waals surface area contributed by atoms with E-state index in [0.717, 1.165) is 3.57 Å². The molecule has 0 unspecified atom stereocenters. The van der Waals surface area contributed by atoms with Gasteiger partial charge in [-0.2, -0.15) is 5.26 Å². The highest BCUT2D eigenvalue weighted by Gasteiger charge is 2.15. The molecular weight excluding hydrogens is 370 g/mol. The lowest BCUT2D eigenvalue weighted by Gasteiger charge is -2.12. The maximum atomic E-state index is 12.9. The standard InChI is InChI=1S/C15H10FIN2O/c16-12-6-4-10(5-7-12)14(9-18)19-15(20)11-2-1-3-13(17)8-11/h1-8,14H,(H,19,20)/t14-/m1/s1. The lowest BCUT2D eigenvalue weighted by Crippen LogP contribution is -2.27. The normalized spacial score (nSPS) is 11.4. The van der Waals surface area contributed by atoms with Gasteiger partial charge in [-0.1, -0.05) is 18.2 Å². The molecule has 0 heterocycles. The van der Waals surface area contributed by atoms with E-state index in [0.29, 0.717) is 11.1 Å². The van der Waals surface area contributed by atoms with Gasteiger partial charge in [-0.05, 0) is 58.5 Å². The van der Waals surface area contributed by atoms with E-state index in [1.54, 1.807) is 18.2 Å². The molecule has 0 aromatic heterocycles. The number of hydrogen-bond acceptors (Lipinski definition) is 2. The number of halogens is 2. The fraction of sp³-hybridized carbons (Fsp3) is 0.0667. The van der Waals surface area contributed by atoms with Crippen molar-refractivity contribution in [2.45, 2.75) is 6.04 Å². The van der Waals surface area contributed by atoms with Gasteiger partial charge in [0.05, 0.1) is 6.07 Å². The molecule has 0 radical (unpaired) electrons. The van der Waals surface area contributed by atoms with Crippen LogP contribution in [0.5, 0.6) is 0 Å². The Morgan fingerprint density at radius 3 is 2.55 bits per heavy atom. The van der Waals surface area contributed by atoms with Crippen LogP contribution in [-0.2, 0) is 0 Å². The minimum absolute atomic E-state index is 0.334. The number of amides is 1. The Morgan fingerprint density at radius 1 is 1.25 bits per heavy atom. The third-order valence-corrected chi connectivity index (χ3v) is 3.37. The van der Waals surface area contributed by atoms with Gasteiger partial charge in [0.25, 0.3) is 5.91 Å². The van der Waals surface area contributed by atoms with E-state index >= 15 is 0 Å². The number of carbonyl (C=O) groups is 1. The van der Waals surface area contributed by atoms with Crippen molar-refractivity contribution in [3.63, 3.8) is 0 Å². The molecule has 0 aliphatic rings. The van der Waals surface area contributed by atoms with Gasteiger partial charge in [0.15, 0.2) is 0 Å². The highest BCUT2D eigenvalue weighted by atomic mass is 127. The molecule has 3 nitrogen and oxygen atoms in total. The first-order valence-corrected chi connectivity index (χ1v) is 6.89. The molecule has 20 heavy (non-hydrogen) atoms. The van der Waals surface area contributed by atoms with Crippen molar-refractivity contribution in [1.82, 2.24) is 5.32 Å². The molecule has 0 saturated heterocycles. The summed E-state index contributed by atoms with van der Waals surface area (Å²) < 4.78 is 13.8. The van der Waals surface area contributed by atoms with Gasteiger partial charge in [-0.25, -0.2) is 4.39 Å². The molecular formula is C15H10FIN2O. The number of nitrogens with one attached hydrogen (secondary N) is 1. The van der Waals surface area contributed by atoms with E-state index in [9.17, 15) is 9.18 Å². The van der Waals surface area contributed by atoms with Gasteiger partial charge < -0.3 is 5.32 Å². The van der Waals surface area contributed by atoms with Crippen molar-refractivity contribution >= 4 is 28.5 Å². The molecule has 0 bridgehead atoms. The Kier molecular flexibility index (Phi) is 4.69. The van der Waals surface area contributed by atoms with Crippen molar-refractivity contribution < 1.29 is 9.18 Å². The van der Waals surface area contributed by atoms with E-state index in [4.69, 9.17) is 5.26 Å².